The Bertz CT molecular complexity index is 1800. The summed E-state index contributed by atoms with van der Waals surface area (Å²) in [5.74, 6) is 0.501. The zero-order valence-electron chi connectivity index (χ0n) is 18.9. The molecule has 0 radical (unpaired) electrons. The van der Waals surface area contributed by atoms with E-state index < -0.39 is 19.9 Å². The Hall–Kier alpha value is -3.25. The Balaban J connectivity index is 1.62. The number of fused-ring (bicyclic) bond motifs is 2. The SMILES string of the molecule is Cc1ccc2scc(Cn3c(Nc4ccc(S(N)(=O)=O)cc4)nc4cc(S(C)(=O)=O)ccc43)c2c1. The van der Waals surface area contributed by atoms with Crippen molar-refractivity contribution in [3.8, 4) is 0 Å². The quantitative estimate of drug-likeness (QED) is 0.338. The van der Waals surface area contributed by atoms with Crippen molar-refractivity contribution in [2.75, 3.05) is 11.6 Å². The number of sulfone groups is 1. The van der Waals surface area contributed by atoms with Crippen molar-refractivity contribution in [2.45, 2.75) is 23.3 Å². The molecule has 0 unspecified atom stereocenters. The van der Waals surface area contributed by atoms with Crippen molar-refractivity contribution in [3.63, 3.8) is 0 Å². The van der Waals surface area contributed by atoms with E-state index in [2.05, 4.69) is 40.8 Å². The molecule has 11 heteroatoms. The number of thiophene rings is 1. The van der Waals surface area contributed by atoms with Crippen LogP contribution in [0.4, 0.5) is 11.6 Å². The van der Waals surface area contributed by atoms with Crippen LogP contribution in [0.2, 0.25) is 0 Å². The third kappa shape index (κ3) is 4.67. The van der Waals surface area contributed by atoms with Gasteiger partial charge in [-0.1, -0.05) is 17.7 Å². The van der Waals surface area contributed by atoms with Crippen molar-refractivity contribution in [1.82, 2.24) is 9.55 Å². The summed E-state index contributed by atoms with van der Waals surface area (Å²) in [7, 11) is -7.20. The zero-order chi connectivity index (χ0) is 25.0. The van der Waals surface area contributed by atoms with Crippen LogP contribution in [0.3, 0.4) is 0 Å². The summed E-state index contributed by atoms with van der Waals surface area (Å²) < 4.78 is 50.5. The topological polar surface area (TPSA) is 124 Å². The molecule has 3 aromatic carbocycles. The van der Waals surface area contributed by atoms with Crippen LogP contribution in [-0.2, 0) is 26.4 Å². The second-order valence-electron chi connectivity index (χ2n) is 8.40. The van der Waals surface area contributed by atoms with Gasteiger partial charge < -0.3 is 9.88 Å². The average molecular weight is 527 g/mol. The molecule has 0 amide bonds. The van der Waals surface area contributed by atoms with Crippen LogP contribution in [0.1, 0.15) is 11.1 Å². The van der Waals surface area contributed by atoms with Gasteiger partial charge in [0, 0.05) is 16.6 Å². The highest BCUT2D eigenvalue weighted by Crippen LogP contribution is 2.31. The predicted molar refractivity (Wildman–Crippen MR) is 140 cm³/mol. The van der Waals surface area contributed by atoms with Crippen LogP contribution in [0.15, 0.2) is 75.8 Å². The van der Waals surface area contributed by atoms with E-state index in [4.69, 9.17) is 5.14 Å². The van der Waals surface area contributed by atoms with E-state index in [1.54, 1.807) is 41.7 Å². The highest BCUT2D eigenvalue weighted by Gasteiger charge is 2.17. The number of hydrogen-bond acceptors (Lipinski definition) is 7. The number of imidazole rings is 1. The maximum absolute atomic E-state index is 12.1. The minimum atomic E-state index is -3.80. The molecule has 180 valence electrons. The largest absolute Gasteiger partial charge is 0.326 e. The van der Waals surface area contributed by atoms with Gasteiger partial charge in [-0.2, -0.15) is 0 Å². The third-order valence-electron chi connectivity index (χ3n) is 5.72. The van der Waals surface area contributed by atoms with E-state index >= 15 is 0 Å². The molecule has 5 rings (SSSR count). The maximum atomic E-state index is 12.1. The van der Waals surface area contributed by atoms with Crippen molar-refractivity contribution in [2.24, 2.45) is 5.14 Å². The molecule has 3 N–H and O–H groups in total. The molecule has 5 aromatic rings. The normalized spacial score (nSPS) is 12.4. The third-order valence-corrected chi connectivity index (χ3v) is 8.78. The van der Waals surface area contributed by atoms with Gasteiger partial charge in [-0.3, -0.25) is 0 Å². The van der Waals surface area contributed by atoms with E-state index in [-0.39, 0.29) is 9.79 Å². The van der Waals surface area contributed by atoms with Crippen LogP contribution in [0.25, 0.3) is 21.1 Å². The number of nitrogens with zero attached hydrogens (tertiary/aromatic N) is 2. The van der Waals surface area contributed by atoms with E-state index in [0.29, 0.717) is 23.7 Å². The summed E-state index contributed by atoms with van der Waals surface area (Å²) in [5.41, 5.74) is 4.20. The lowest BCUT2D eigenvalue weighted by atomic mass is 10.1. The molecule has 0 bridgehead atoms. The van der Waals surface area contributed by atoms with Gasteiger partial charge in [0.2, 0.25) is 16.0 Å². The number of aryl methyl sites for hydroxylation is 1. The molecule has 2 heterocycles. The van der Waals surface area contributed by atoms with E-state index in [9.17, 15) is 16.8 Å². The lowest BCUT2D eigenvalue weighted by Crippen LogP contribution is -2.12. The molecular formula is C24H22N4O4S3. The van der Waals surface area contributed by atoms with E-state index in [1.165, 1.54) is 22.4 Å². The number of benzene rings is 3. The summed E-state index contributed by atoms with van der Waals surface area (Å²) in [5, 5.41) is 11.7. The Kier molecular flexibility index (Phi) is 5.67. The maximum Gasteiger partial charge on any atom is 0.238 e. The first-order valence-corrected chi connectivity index (χ1v) is 14.9. The number of nitrogens with two attached hydrogens (primary N) is 1. The fraction of sp³-hybridized carbons (Fsp3) is 0.125. The molecule has 0 aliphatic carbocycles. The Morgan fingerprint density at radius 1 is 0.971 bits per heavy atom. The number of aromatic nitrogens is 2. The van der Waals surface area contributed by atoms with Crippen LogP contribution in [0, 0.1) is 6.92 Å². The first-order valence-electron chi connectivity index (χ1n) is 10.6. The Morgan fingerprint density at radius 2 is 1.69 bits per heavy atom. The van der Waals surface area contributed by atoms with Gasteiger partial charge >= 0.3 is 0 Å². The van der Waals surface area contributed by atoms with Gasteiger partial charge in [0.15, 0.2) is 9.84 Å². The van der Waals surface area contributed by atoms with Crippen LogP contribution < -0.4 is 10.5 Å². The smallest absolute Gasteiger partial charge is 0.238 e. The van der Waals surface area contributed by atoms with Gasteiger partial charge in [-0.05, 0) is 71.8 Å². The lowest BCUT2D eigenvalue weighted by Gasteiger charge is -2.11. The molecule has 2 aromatic heterocycles. The fourth-order valence-corrected chi connectivity index (χ4v) is 6.03. The number of sulfonamides is 1. The van der Waals surface area contributed by atoms with Crippen LogP contribution >= 0.6 is 11.3 Å². The van der Waals surface area contributed by atoms with Gasteiger partial charge in [0.25, 0.3) is 0 Å². The minimum absolute atomic E-state index is 0.00876. The standard InChI is InChI=1S/C24H22N4O4S3/c1-15-3-10-23-20(11-15)16(14-33-23)13-28-22-9-8-19(34(2,29)30)12-21(22)27-24(28)26-17-4-6-18(7-5-17)35(25,31)32/h3-12,14H,13H2,1-2H3,(H,26,27)(H2,25,31,32). The van der Waals surface area contributed by atoms with Crippen LogP contribution in [-0.4, -0.2) is 32.6 Å². The molecule has 0 spiro atoms. The number of anilines is 2. The predicted octanol–water partition coefficient (Wildman–Crippen LogP) is 4.40. The van der Waals surface area contributed by atoms with Crippen molar-refractivity contribution in [1.29, 1.82) is 0 Å². The molecule has 0 aliphatic rings. The van der Waals surface area contributed by atoms with Crippen LogP contribution in [0.5, 0.6) is 0 Å². The van der Waals surface area contributed by atoms with Crippen molar-refractivity contribution >= 4 is 64.0 Å². The number of primary sulfonamides is 1. The molecule has 0 aliphatic heterocycles. The molecule has 8 nitrogen and oxygen atoms in total. The highest BCUT2D eigenvalue weighted by molar-refractivity contribution is 7.90. The monoisotopic (exact) mass is 526 g/mol. The average Bonchev–Trinajstić information content (AvgIpc) is 3.33. The Labute approximate surface area is 207 Å². The fourth-order valence-electron chi connectivity index (χ4n) is 3.94. The first-order chi connectivity index (χ1) is 16.5. The second-order valence-corrected chi connectivity index (χ2v) is 12.9. The number of nitrogens with one attached hydrogen (secondary N) is 1. The summed E-state index contributed by atoms with van der Waals surface area (Å²) in [6, 6.07) is 17.3. The van der Waals surface area contributed by atoms with E-state index in [0.717, 1.165) is 22.7 Å². The van der Waals surface area contributed by atoms with E-state index in [1.807, 2.05) is 4.57 Å². The molecule has 35 heavy (non-hydrogen) atoms. The lowest BCUT2D eigenvalue weighted by molar-refractivity contribution is 0.597. The van der Waals surface area contributed by atoms with Gasteiger partial charge in [0.1, 0.15) is 0 Å². The Morgan fingerprint density at radius 3 is 2.37 bits per heavy atom. The summed E-state index contributed by atoms with van der Waals surface area (Å²) in [6.45, 7) is 2.56. The van der Waals surface area contributed by atoms with Gasteiger partial charge in [0.05, 0.1) is 27.4 Å². The molecule has 0 saturated heterocycles. The first kappa shape index (κ1) is 23.5. The summed E-state index contributed by atoms with van der Waals surface area (Å²) in [4.78, 5) is 4.88. The van der Waals surface area contributed by atoms with Gasteiger partial charge in [-0.15, -0.1) is 11.3 Å². The molecule has 0 fully saturated rings. The molecule has 0 saturated carbocycles. The van der Waals surface area contributed by atoms with Crippen molar-refractivity contribution < 1.29 is 16.8 Å². The van der Waals surface area contributed by atoms with Gasteiger partial charge in [-0.25, -0.2) is 27.0 Å². The minimum Gasteiger partial charge on any atom is -0.326 e. The molecule has 0 atom stereocenters. The zero-order valence-corrected chi connectivity index (χ0v) is 21.3. The highest BCUT2D eigenvalue weighted by atomic mass is 32.2. The summed E-state index contributed by atoms with van der Waals surface area (Å²) >= 11 is 1.67. The number of rotatable bonds is 6. The van der Waals surface area contributed by atoms with Crippen molar-refractivity contribution in [3.05, 3.63) is 77.2 Å². The molecular weight excluding hydrogens is 504 g/mol. The second kappa shape index (κ2) is 8.45. The summed E-state index contributed by atoms with van der Waals surface area (Å²) in [6.07, 6.45) is 1.16. The number of hydrogen-bond donors (Lipinski definition) is 2.